The molecule has 3 atom stereocenters. The molecule has 4 rings (SSSR count). The van der Waals surface area contributed by atoms with Gasteiger partial charge in [-0.1, -0.05) is 48.0 Å². The summed E-state index contributed by atoms with van der Waals surface area (Å²) in [5.41, 5.74) is 1.01. The number of halogens is 3. The minimum Gasteiger partial charge on any atom is -0.493 e. The van der Waals surface area contributed by atoms with Crippen LogP contribution in [0, 0.1) is 12.8 Å². The minimum atomic E-state index is -4.42. The molecule has 44 heavy (non-hydrogen) atoms. The van der Waals surface area contributed by atoms with Gasteiger partial charge in [-0.3, -0.25) is 9.59 Å². The van der Waals surface area contributed by atoms with Crippen molar-refractivity contribution in [3.8, 4) is 11.5 Å². The van der Waals surface area contributed by atoms with Crippen molar-refractivity contribution in [2.24, 2.45) is 5.92 Å². The first-order valence-electron chi connectivity index (χ1n) is 13.9. The number of hydrogen-bond acceptors (Lipinski definition) is 8. The van der Waals surface area contributed by atoms with E-state index in [0.717, 1.165) is 19.1 Å². The predicted octanol–water partition coefficient (Wildman–Crippen LogP) is 5.34. The highest BCUT2D eigenvalue weighted by atomic mass is 19.4. The fourth-order valence-corrected chi connectivity index (χ4v) is 4.45. The number of carbonyl (C=O) groups is 3. The fourth-order valence-electron chi connectivity index (χ4n) is 4.45. The molecule has 0 spiro atoms. The summed E-state index contributed by atoms with van der Waals surface area (Å²) < 4.78 is 59.9. The van der Waals surface area contributed by atoms with Crippen molar-refractivity contribution >= 4 is 17.8 Å². The van der Waals surface area contributed by atoms with Crippen LogP contribution in [0.15, 0.2) is 66.9 Å². The largest absolute Gasteiger partial charge is 0.493 e. The molecule has 1 aliphatic rings. The third-order valence-corrected chi connectivity index (χ3v) is 6.51. The molecule has 9 nitrogen and oxygen atoms in total. The van der Waals surface area contributed by atoms with Gasteiger partial charge >= 0.3 is 18.1 Å². The Morgan fingerprint density at radius 3 is 2.30 bits per heavy atom. The number of alkyl halides is 3. The van der Waals surface area contributed by atoms with Gasteiger partial charge in [0.1, 0.15) is 0 Å². The molecule has 0 bridgehead atoms. The van der Waals surface area contributed by atoms with Gasteiger partial charge < -0.3 is 24.3 Å². The highest BCUT2D eigenvalue weighted by molar-refractivity contribution is 5.98. The number of hydrogen-bond donors (Lipinski definition) is 1. The van der Waals surface area contributed by atoms with Gasteiger partial charge in [0.05, 0.1) is 25.4 Å². The molecule has 1 amide bonds. The summed E-state index contributed by atoms with van der Waals surface area (Å²) in [6.07, 6.45) is -2.86. The quantitative estimate of drug-likeness (QED) is 0.370. The molecule has 1 aliphatic heterocycles. The van der Waals surface area contributed by atoms with E-state index in [9.17, 15) is 27.6 Å². The summed E-state index contributed by atoms with van der Waals surface area (Å²) in [6.45, 7) is 4.89. The summed E-state index contributed by atoms with van der Waals surface area (Å²) in [5, 5.41) is 2.50. The molecule has 3 aromatic rings. The van der Waals surface area contributed by atoms with Gasteiger partial charge in [-0.05, 0) is 50.3 Å². The zero-order chi connectivity index (χ0) is 32.3. The van der Waals surface area contributed by atoms with E-state index in [-0.39, 0.29) is 36.3 Å². The van der Waals surface area contributed by atoms with E-state index >= 15 is 0 Å². The lowest BCUT2D eigenvalue weighted by Gasteiger charge is -2.20. The van der Waals surface area contributed by atoms with Crippen LogP contribution in [0.2, 0.25) is 0 Å². The third-order valence-electron chi connectivity index (χ3n) is 6.51. The number of nitrogens with zero attached hydrogens (tertiary/aromatic N) is 1. The van der Waals surface area contributed by atoms with Crippen molar-refractivity contribution in [1.82, 2.24) is 10.3 Å². The molecule has 0 saturated carbocycles. The molecule has 236 valence electrons. The fraction of sp³-hybridized carbons (Fsp3) is 0.375. The average molecular weight is 617 g/mol. The maximum absolute atomic E-state index is 12.9. The molecule has 2 aromatic carbocycles. The third kappa shape index (κ3) is 10.4. The van der Waals surface area contributed by atoms with Gasteiger partial charge in [-0.15, -0.1) is 0 Å². The molecular weight excluding hydrogens is 581 g/mol. The number of ether oxygens (including phenoxy) is 4. The van der Waals surface area contributed by atoms with E-state index in [4.69, 9.17) is 18.9 Å². The second kappa shape index (κ2) is 15.9. The number of pyridine rings is 1. The van der Waals surface area contributed by atoms with Crippen LogP contribution in [0.1, 0.15) is 47.4 Å². The lowest BCUT2D eigenvalue weighted by molar-refractivity contribution is -0.151. The lowest BCUT2D eigenvalue weighted by Crippen LogP contribution is -2.45. The van der Waals surface area contributed by atoms with Crippen molar-refractivity contribution in [3.05, 3.63) is 89.2 Å². The summed E-state index contributed by atoms with van der Waals surface area (Å²) in [7, 11) is 1.33. The topological polar surface area (TPSA) is 113 Å². The van der Waals surface area contributed by atoms with E-state index in [1.807, 2.05) is 18.2 Å². The van der Waals surface area contributed by atoms with Crippen LogP contribution < -0.4 is 14.8 Å². The molecule has 12 heteroatoms. The Balaban J connectivity index is 0.000000662. The van der Waals surface area contributed by atoms with Crippen LogP contribution in [0.25, 0.3) is 0 Å². The van der Waals surface area contributed by atoms with Gasteiger partial charge in [0, 0.05) is 25.8 Å². The Morgan fingerprint density at radius 2 is 1.73 bits per heavy atom. The normalized spacial score (nSPS) is 18.7. The number of amides is 1. The first-order chi connectivity index (χ1) is 20.9. The van der Waals surface area contributed by atoms with Crippen molar-refractivity contribution in [2.45, 2.75) is 51.9 Å². The number of rotatable bonds is 6. The van der Waals surface area contributed by atoms with E-state index in [1.165, 1.54) is 37.1 Å². The zero-order valence-corrected chi connectivity index (χ0v) is 24.9. The molecule has 1 saturated heterocycles. The summed E-state index contributed by atoms with van der Waals surface area (Å²) >= 11 is 0. The Bertz CT molecular complexity index is 1400. The highest BCUT2D eigenvalue weighted by Crippen LogP contribution is 2.31. The van der Waals surface area contributed by atoms with E-state index < -0.39 is 41.7 Å². The Labute approximate surface area is 253 Å². The molecule has 0 radical (unpaired) electrons. The molecule has 2 heterocycles. The number of aryl methyl sites for hydroxylation is 1. The van der Waals surface area contributed by atoms with Crippen molar-refractivity contribution in [1.29, 1.82) is 0 Å². The van der Waals surface area contributed by atoms with Crippen LogP contribution in [0.5, 0.6) is 11.5 Å². The van der Waals surface area contributed by atoms with Gasteiger partial charge in [-0.25, -0.2) is 9.78 Å². The predicted molar refractivity (Wildman–Crippen MR) is 154 cm³/mol. The number of carbonyl (C=O) groups excluding carboxylic acids is 3. The highest BCUT2D eigenvalue weighted by Gasteiger charge is 2.32. The number of cyclic esters (lactones) is 1. The van der Waals surface area contributed by atoms with Crippen molar-refractivity contribution in [2.75, 3.05) is 20.3 Å². The Hall–Kier alpha value is -4.45. The molecule has 0 aliphatic carbocycles. The molecule has 1 fully saturated rings. The minimum absolute atomic E-state index is 0.100. The zero-order valence-electron chi connectivity index (χ0n) is 24.9. The summed E-state index contributed by atoms with van der Waals surface area (Å²) in [6, 6.07) is 15.4. The van der Waals surface area contributed by atoms with Crippen LogP contribution in [-0.4, -0.2) is 55.3 Å². The molecule has 2 unspecified atom stereocenters. The van der Waals surface area contributed by atoms with Crippen LogP contribution in [0.4, 0.5) is 13.2 Å². The molecule has 1 aromatic heterocycles. The number of benzene rings is 2. The van der Waals surface area contributed by atoms with Gasteiger partial charge in [0.15, 0.2) is 17.5 Å². The van der Waals surface area contributed by atoms with Gasteiger partial charge in [0.2, 0.25) is 5.75 Å². The van der Waals surface area contributed by atoms with Gasteiger partial charge in [-0.2, -0.15) is 13.2 Å². The van der Waals surface area contributed by atoms with E-state index in [2.05, 4.69) is 29.4 Å². The monoisotopic (exact) mass is 616 g/mol. The second-order valence-corrected chi connectivity index (χ2v) is 10.3. The van der Waals surface area contributed by atoms with Crippen molar-refractivity contribution in [3.63, 3.8) is 0 Å². The van der Waals surface area contributed by atoms with Gasteiger partial charge in [0.25, 0.3) is 5.91 Å². The number of aromatic nitrogens is 1. The SMILES string of the molecule is COc1ccnc(C(=O)N[C@H]2COCC(Cc3ccc(C(F)(F)F)cc3)CC(C)OC2=O)c1OC(C)=O.Cc1ccccc1. The molecule has 1 N–H and O–H groups in total. The number of esters is 2. The van der Waals surface area contributed by atoms with Crippen molar-refractivity contribution < 1.29 is 46.5 Å². The maximum Gasteiger partial charge on any atom is 0.416 e. The Morgan fingerprint density at radius 1 is 1.05 bits per heavy atom. The molecular formula is C32H35F3N2O7. The lowest BCUT2D eigenvalue weighted by atomic mass is 9.94. The first-order valence-corrected chi connectivity index (χ1v) is 13.9. The summed E-state index contributed by atoms with van der Waals surface area (Å²) in [4.78, 5) is 41.1. The number of nitrogens with one attached hydrogen (secondary N) is 1. The maximum atomic E-state index is 12.9. The smallest absolute Gasteiger partial charge is 0.416 e. The van der Waals surface area contributed by atoms with Crippen LogP contribution in [0.3, 0.4) is 0 Å². The van der Waals surface area contributed by atoms with E-state index in [1.54, 1.807) is 6.92 Å². The average Bonchev–Trinajstić information content (AvgIpc) is 3.02. The Kier molecular flexibility index (Phi) is 12.3. The summed E-state index contributed by atoms with van der Waals surface area (Å²) in [5.74, 6) is -2.48. The van der Waals surface area contributed by atoms with Crippen LogP contribution in [-0.2, 0) is 31.7 Å². The first kappa shape index (κ1) is 34.0. The second-order valence-electron chi connectivity index (χ2n) is 10.3. The van der Waals surface area contributed by atoms with Crippen LogP contribution >= 0.6 is 0 Å². The number of methoxy groups -OCH3 is 1. The standard InChI is InChI=1S/C25H27F3N2O7.C7H8/c1-14-10-17(11-16-4-6-18(7-5-16)25(26,27)28)12-35-13-19(24(33)36-14)30-23(32)21-22(37-15(2)31)20(34-3)8-9-29-21;1-7-5-3-2-4-6-7/h4-9,14,17,19H,10-13H2,1-3H3,(H,30,32);2-6H,1H3/t14?,17?,19-;/m0./s1. The van der Waals surface area contributed by atoms with E-state index in [0.29, 0.717) is 18.4 Å².